The molecule has 1 aliphatic heterocycles. The van der Waals surface area contributed by atoms with E-state index in [0.717, 1.165) is 29.8 Å². The molecule has 1 atom stereocenters. The Morgan fingerprint density at radius 1 is 1.00 bits per heavy atom. The number of nitrogens with one attached hydrogen (secondary N) is 1. The molecule has 0 amide bonds. The SMILES string of the molecule is COc1cccc(C2NCCc3c(OC)cccc32)c1F. The van der Waals surface area contributed by atoms with Gasteiger partial charge in [0, 0.05) is 17.7 Å². The van der Waals surface area contributed by atoms with Crippen molar-refractivity contribution in [3.05, 3.63) is 58.9 Å². The molecule has 0 aromatic heterocycles. The first-order valence-electron chi connectivity index (χ1n) is 6.97. The van der Waals surface area contributed by atoms with Crippen molar-refractivity contribution in [3.63, 3.8) is 0 Å². The molecule has 1 unspecified atom stereocenters. The maximum absolute atomic E-state index is 14.5. The van der Waals surface area contributed by atoms with Crippen molar-refractivity contribution in [1.82, 2.24) is 5.32 Å². The third-order valence-electron chi connectivity index (χ3n) is 3.95. The van der Waals surface area contributed by atoms with E-state index in [0.29, 0.717) is 5.56 Å². The van der Waals surface area contributed by atoms with Gasteiger partial charge in [-0.1, -0.05) is 24.3 Å². The molecule has 3 rings (SSSR count). The first-order chi connectivity index (χ1) is 10.3. The highest BCUT2D eigenvalue weighted by molar-refractivity contribution is 5.48. The van der Waals surface area contributed by atoms with E-state index < -0.39 is 0 Å². The van der Waals surface area contributed by atoms with Gasteiger partial charge in [0.25, 0.3) is 0 Å². The van der Waals surface area contributed by atoms with Gasteiger partial charge in [-0.25, -0.2) is 4.39 Å². The van der Waals surface area contributed by atoms with Crippen LogP contribution in [0, 0.1) is 5.82 Å². The number of methoxy groups -OCH3 is 2. The fraction of sp³-hybridized carbons (Fsp3) is 0.294. The Balaban J connectivity index is 2.11. The normalized spacial score (nSPS) is 17.2. The predicted molar refractivity (Wildman–Crippen MR) is 79.5 cm³/mol. The van der Waals surface area contributed by atoms with Crippen LogP contribution in [0.4, 0.5) is 4.39 Å². The van der Waals surface area contributed by atoms with Crippen molar-refractivity contribution in [2.24, 2.45) is 0 Å². The molecule has 21 heavy (non-hydrogen) atoms. The number of hydrogen-bond donors (Lipinski definition) is 1. The number of benzene rings is 2. The van der Waals surface area contributed by atoms with Crippen molar-refractivity contribution >= 4 is 0 Å². The Morgan fingerprint density at radius 3 is 2.38 bits per heavy atom. The summed E-state index contributed by atoms with van der Waals surface area (Å²) in [5.41, 5.74) is 2.81. The number of rotatable bonds is 3. The van der Waals surface area contributed by atoms with Gasteiger partial charge in [-0.15, -0.1) is 0 Å². The summed E-state index contributed by atoms with van der Waals surface area (Å²) in [6.07, 6.45) is 0.876. The molecule has 0 saturated carbocycles. The van der Waals surface area contributed by atoms with Crippen LogP contribution >= 0.6 is 0 Å². The van der Waals surface area contributed by atoms with Gasteiger partial charge in [-0.3, -0.25) is 0 Å². The average molecular weight is 287 g/mol. The molecule has 4 heteroatoms. The average Bonchev–Trinajstić information content (AvgIpc) is 2.54. The molecular formula is C17H18FNO2. The van der Waals surface area contributed by atoms with Gasteiger partial charge >= 0.3 is 0 Å². The van der Waals surface area contributed by atoms with E-state index in [9.17, 15) is 4.39 Å². The van der Waals surface area contributed by atoms with Crippen molar-refractivity contribution in [2.75, 3.05) is 20.8 Å². The molecule has 0 saturated heterocycles. The molecule has 1 heterocycles. The second kappa shape index (κ2) is 5.74. The second-order valence-corrected chi connectivity index (χ2v) is 5.03. The van der Waals surface area contributed by atoms with Crippen LogP contribution in [-0.4, -0.2) is 20.8 Å². The monoisotopic (exact) mass is 287 g/mol. The van der Waals surface area contributed by atoms with Crippen LogP contribution in [0.25, 0.3) is 0 Å². The Kier molecular flexibility index (Phi) is 3.80. The fourth-order valence-electron chi connectivity index (χ4n) is 2.95. The van der Waals surface area contributed by atoms with Gasteiger partial charge in [-0.2, -0.15) is 0 Å². The van der Waals surface area contributed by atoms with Crippen LogP contribution in [0.2, 0.25) is 0 Å². The van der Waals surface area contributed by atoms with E-state index >= 15 is 0 Å². The Hall–Kier alpha value is -2.07. The van der Waals surface area contributed by atoms with Crippen molar-refractivity contribution in [1.29, 1.82) is 0 Å². The summed E-state index contributed by atoms with van der Waals surface area (Å²) in [5.74, 6) is 0.819. The van der Waals surface area contributed by atoms with Crippen LogP contribution in [0.3, 0.4) is 0 Å². The molecule has 0 spiro atoms. The summed E-state index contributed by atoms with van der Waals surface area (Å²) in [4.78, 5) is 0. The zero-order chi connectivity index (χ0) is 14.8. The molecule has 3 nitrogen and oxygen atoms in total. The largest absolute Gasteiger partial charge is 0.496 e. The highest BCUT2D eigenvalue weighted by atomic mass is 19.1. The van der Waals surface area contributed by atoms with E-state index in [1.807, 2.05) is 24.3 Å². The Labute approximate surface area is 123 Å². The van der Waals surface area contributed by atoms with Gasteiger partial charge in [0.05, 0.1) is 20.3 Å². The quantitative estimate of drug-likeness (QED) is 0.941. The molecule has 0 radical (unpaired) electrons. The van der Waals surface area contributed by atoms with E-state index in [2.05, 4.69) is 5.32 Å². The lowest BCUT2D eigenvalue weighted by atomic mass is 9.89. The predicted octanol–water partition coefficient (Wildman–Crippen LogP) is 3.08. The van der Waals surface area contributed by atoms with E-state index in [1.165, 1.54) is 7.11 Å². The van der Waals surface area contributed by atoms with Gasteiger partial charge in [0.1, 0.15) is 5.75 Å². The lowest BCUT2D eigenvalue weighted by Crippen LogP contribution is -2.31. The standard InChI is InChI=1S/C17H18FNO2/c1-20-14-7-3-5-12-11(14)9-10-19-17(12)13-6-4-8-15(21-2)16(13)18/h3-8,17,19H,9-10H2,1-2H3. The molecule has 110 valence electrons. The van der Waals surface area contributed by atoms with E-state index in [4.69, 9.17) is 9.47 Å². The summed E-state index contributed by atoms with van der Waals surface area (Å²) in [5, 5.41) is 3.38. The molecule has 2 aromatic carbocycles. The summed E-state index contributed by atoms with van der Waals surface area (Å²) in [6.45, 7) is 0.786. The minimum Gasteiger partial charge on any atom is -0.496 e. The molecule has 2 aromatic rings. The Morgan fingerprint density at radius 2 is 1.67 bits per heavy atom. The lowest BCUT2D eigenvalue weighted by Gasteiger charge is -2.29. The van der Waals surface area contributed by atoms with Crippen molar-refractivity contribution in [2.45, 2.75) is 12.5 Å². The zero-order valence-corrected chi connectivity index (χ0v) is 12.2. The third kappa shape index (κ3) is 2.36. The number of ether oxygens (including phenoxy) is 2. The lowest BCUT2D eigenvalue weighted by molar-refractivity contribution is 0.380. The highest BCUT2D eigenvalue weighted by Gasteiger charge is 2.26. The Bertz CT molecular complexity index is 657. The van der Waals surface area contributed by atoms with Gasteiger partial charge in [-0.05, 0) is 24.1 Å². The van der Waals surface area contributed by atoms with Crippen LogP contribution in [0.1, 0.15) is 22.7 Å². The molecule has 0 fully saturated rings. The maximum atomic E-state index is 14.5. The fourth-order valence-corrected chi connectivity index (χ4v) is 2.95. The van der Waals surface area contributed by atoms with Crippen LogP contribution in [0.5, 0.6) is 11.5 Å². The third-order valence-corrected chi connectivity index (χ3v) is 3.95. The molecule has 0 bridgehead atoms. The topological polar surface area (TPSA) is 30.5 Å². The number of fused-ring (bicyclic) bond motifs is 1. The van der Waals surface area contributed by atoms with E-state index in [1.54, 1.807) is 19.2 Å². The zero-order valence-electron chi connectivity index (χ0n) is 12.2. The molecule has 0 aliphatic carbocycles. The minimum atomic E-state index is -0.312. The van der Waals surface area contributed by atoms with Crippen LogP contribution in [0.15, 0.2) is 36.4 Å². The highest BCUT2D eigenvalue weighted by Crippen LogP contribution is 2.36. The number of halogens is 1. The molecular weight excluding hydrogens is 269 g/mol. The summed E-state index contributed by atoms with van der Waals surface area (Å²) < 4.78 is 25.0. The van der Waals surface area contributed by atoms with E-state index in [-0.39, 0.29) is 17.6 Å². The van der Waals surface area contributed by atoms with Crippen molar-refractivity contribution < 1.29 is 13.9 Å². The summed E-state index contributed by atoms with van der Waals surface area (Å²) in [6, 6.07) is 11.0. The molecule has 1 N–H and O–H groups in total. The minimum absolute atomic E-state index is 0.182. The number of hydrogen-bond acceptors (Lipinski definition) is 3. The van der Waals surface area contributed by atoms with Gasteiger partial charge in [0.15, 0.2) is 11.6 Å². The first-order valence-corrected chi connectivity index (χ1v) is 6.97. The first kappa shape index (κ1) is 13.9. The van der Waals surface area contributed by atoms with Gasteiger partial charge < -0.3 is 14.8 Å². The molecule has 1 aliphatic rings. The van der Waals surface area contributed by atoms with Crippen LogP contribution in [-0.2, 0) is 6.42 Å². The maximum Gasteiger partial charge on any atom is 0.170 e. The van der Waals surface area contributed by atoms with Crippen molar-refractivity contribution in [3.8, 4) is 11.5 Å². The second-order valence-electron chi connectivity index (χ2n) is 5.03. The summed E-state index contributed by atoms with van der Waals surface area (Å²) in [7, 11) is 3.15. The van der Waals surface area contributed by atoms with Gasteiger partial charge in [0.2, 0.25) is 0 Å². The van der Waals surface area contributed by atoms with Crippen LogP contribution < -0.4 is 14.8 Å². The smallest absolute Gasteiger partial charge is 0.170 e. The summed E-state index contributed by atoms with van der Waals surface area (Å²) >= 11 is 0.